The second-order valence-corrected chi connectivity index (χ2v) is 6.10. The zero-order chi connectivity index (χ0) is 21.8. The topological polar surface area (TPSA) is 148 Å². The maximum absolute atomic E-state index is 12.3. The van der Waals surface area contributed by atoms with Crippen LogP contribution in [-0.2, 0) is 9.53 Å². The molecule has 10 nitrogen and oxygen atoms in total. The number of benzene rings is 3. The van der Waals surface area contributed by atoms with E-state index < -0.39 is 29.2 Å². The number of carbonyl (C=O) groups excluding carboxylic acids is 2. The molecule has 3 rings (SSSR count). The smallest absolute Gasteiger partial charge is 0.342 e. The molecule has 3 aromatic carbocycles. The SMILES string of the molecule is COc1ccc([N+](=O)[O-])cc1NC(=O)COC(=O)c1cc(O)c2ccccc2c1O. The van der Waals surface area contributed by atoms with E-state index in [4.69, 9.17) is 9.47 Å². The molecular formula is C20H16N2O8. The summed E-state index contributed by atoms with van der Waals surface area (Å²) in [6.07, 6.45) is 0. The Kier molecular flexibility index (Phi) is 5.68. The summed E-state index contributed by atoms with van der Waals surface area (Å²) in [6.45, 7) is -0.738. The van der Waals surface area contributed by atoms with Crippen molar-refractivity contribution in [3.05, 3.63) is 64.2 Å². The van der Waals surface area contributed by atoms with Crippen LogP contribution in [0.15, 0.2) is 48.5 Å². The van der Waals surface area contributed by atoms with Crippen LogP contribution in [0.5, 0.6) is 17.2 Å². The highest BCUT2D eigenvalue weighted by molar-refractivity contribution is 6.04. The normalized spacial score (nSPS) is 10.4. The number of nitrogens with zero attached hydrogens (tertiary/aromatic N) is 1. The summed E-state index contributed by atoms with van der Waals surface area (Å²) < 4.78 is 9.94. The molecule has 3 N–H and O–H groups in total. The van der Waals surface area contributed by atoms with E-state index in [-0.39, 0.29) is 33.8 Å². The highest BCUT2D eigenvalue weighted by Crippen LogP contribution is 2.35. The molecule has 30 heavy (non-hydrogen) atoms. The molecule has 0 fully saturated rings. The Labute approximate surface area is 169 Å². The lowest BCUT2D eigenvalue weighted by Gasteiger charge is -2.11. The first-order chi connectivity index (χ1) is 14.3. The van der Waals surface area contributed by atoms with Crippen LogP contribution in [0.4, 0.5) is 11.4 Å². The maximum atomic E-state index is 12.3. The van der Waals surface area contributed by atoms with Gasteiger partial charge < -0.3 is 25.0 Å². The first kappa shape index (κ1) is 20.4. The number of amides is 1. The van der Waals surface area contributed by atoms with Crippen LogP contribution in [0.25, 0.3) is 10.8 Å². The molecule has 154 valence electrons. The van der Waals surface area contributed by atoms with Gasteiger partial charge in [-0.3, -0.25) is 14.9 Å². The van der Waals surface area contributed by atoms with Crippen LogP contribution in [0.2, 0.25) is 0 Å². The highest BCUT2D eigenvalue weighted by Gasteiger charge is 2.20. The molecule has 0 atom stereocenters. The van der Waals surface area contributed by atoms with Gasteiger partial charge in [-0.15, -0.1) is 0 Å². The third kappa shape index (κ3) is 4.07. The molecule has 0 saturated heterocycles. The quantitative estimate of drug-likeness (QED) is 0.242. The summed E-state index contributed by atoms with van der Waals surface area (Å²) in [5, 5.41) is 34.2. The van der Waals surface area contributed by atoms with Crippen molar-refractivity contribution in [1.82, 2.24) is 0 Å². The van der Waals surface area contributed by atoms with Crippen molar-refractivity contribution in [3.63, 3.8) is 0 Å². The number of aromatic hydroxyl groups is 2. The van der Waals surface area contributed by atoms with Gasteiger partial charge in [0.25, 0.3) is 11.6 Å². The standard InChI is InChI=1S/C20H16N2O8/c1-29-17-7-6-11(22(27)28)8-15(17)21-18(24)10-30-20(26)14-9-16(23)12-4-2-3-5-13(12)19(14)25/h2-9,23,25H,10H2,1H3,(H,21,24). The van der Waals surface area contributed by atoms with Gasteiger partial charge in [0, 0.05) is 22.9 Å². The second-order valence-electron chi connectivity index (χ2n) is 6.10. The van der Waals surface area contributed by atoms with Crippen LogP contribution >= 0.6 is 0 Å². The number of phenolic OH excluding ortho intramolecular Hbond substituents is 2. The molecule has 10 heteroatoms. The molecule has 0 heterocycles. The molecule has 0 unspecified atom stereocenters. The van der Waals surface area contributed by atoms with E-state index in [0.717, 1.165) is 12.1 Å². The van der Waals surface area contributed by atoms with E-state index in [1.54, 1.807) is 18.2 Å². The van der Waals surface area contributed by atoms with Gasteiger partial charge in [-0.25, -0.2) is 4.79 Å². The maximum Gasteiger partial charge on any atom is 0.342 e. The zero-order valence-corrected chi connectivity index (χ0v) is 15.6. The highest BCUT2D eigenvalue weighted by atomic mass is 16.6. The minimum atomic E-state index is -1.03. The molecule has 3 aromatic rings. The van der Waals surface area contributed by atoms with Gasteiger partial charge in [0.2, 0.25) is 0 Å². The third-order valence-electron chi connectivity index (χ3n) is 4.22. The number of anilines is 1. The van der Waals surface area contributed by atoms with Gasteiger partial charge in [0.05, 0.1) is 17.7 Å². The number of nitrogens with one attached hydrogen (secondary N) is 1. The fourth-order valence-corrected chi connectivity index (χ4v) is 2.80. The lowest BCUT2D eigenvalue weighted by Crippen LogP contribution is -2.21. The van der Waals surface area contributed by atoms with Crippen molar-refractivity contribution < 1.29 is 34.2 Å². The monoisotopic (exact) mass is 412 g/mol. The Morgan fingerprint density at radius 2 is 1.80 bits per heavy atom. The number of non-ortho nitro benzene ring substituents is 1. The van der Waals surface area contributed by atoms with Gasteiger partial charge in [-0.2, -0.15) is 0 Å². The van der Waals surface area contributed by atoms with Crippen LogP contribution in [0, 0.1) is 10.1 Å². The average Bonchev–Trinajstić information content (AvgIpc) is 2.74. The van der Waals surface area contributed by atoms with Crippen molar-refractivity contribution >= 4 is 34.0 Å². The fraction of sp³-hybridized carbons (Fsp3) is 0.100. The van der Waals surface area contributed by atoms with Gasteiger partial charge in [-0.1, -0.05) is 24.3 Å². The van der Waals surface area contributed by atoms with Gasteiger partial charge in [-0.05, 0) is 12.1 Å². The van der Waals surface area contributed by atoms with Gasteiger partial charge >= 0.3 is 5.97 Å². The minimum absolute atomic E-state index is 0.0268. The number of methoxy groups -OCH3 is 1. The average molecular weight is 412 g/mol. The van der Waals surface area contributed by atoms with Crippen LogP contribution in [0.1, 0.15) is 10.4 Å². The van der Waals surface area contributed by atoms with E-state index in [2.05, 4.69) is 5.32 Å². The summed E-state index contributed by atoms with van der Waals surface area (Å²) in [4.78, 5) is 34.7. The van der Waals surface area contributed by atoms with Crippen molar-refractivity contribution in [2.24, 2.45) is 0 Å². The fourth-order valence-electron chi connectivity index (χ4n) is 2.80. The molecule has 0 spiro atoms. The van der Waals surface area contributed by atoms with Crippen LogP contribution in [0.3, 0.4) is 0 Å². The van der Waals surface area contributed by atoms with Crippen LogP contribution < -0.4 is 10.1 Å². The Morgan fingerprint density at radius 1 is 1.10 bits per heavy atom. The number of ether oxygens (including phenoxy) is 2. The van der Waals surface area contributed by atoms with Gasteiger partial charge in [0.1, 0.15) is 22.8 Å². The lowest BCUT2D eigenvalue weighted by atomic mass is 10.0. The molecule has 1 amide bonds. The largest absolute Gasteiger partial charge is 0.507 e. The first-order valence-corrected chi connectivity index (χ1v) is 8.55. The molecule has 0 aliphatic carbocycles. The van der Waals surface area contributed by atoms with E-state index in [1.807, 2.05) is 0 Å². The van der Waals surface area contributed by atoms with Crippen molar-refractivity contribution in [3.8, 4) is 17.2 Å². The summed E-state index contributed by atoms with van der Waals surface area (Å²) in [6, 6.07) is 11.0. The number of nitro benzene ring substituents is 1. The number of nitro groups is 1. The number of carbonyl (C=O) groups is 2. The van der Waals surface area contributed by atoms with E-state index in [0.29, 0.717) is 5.39 Å². The van der Waals surface area contributed by atoms with Crippen molar-refractivity contribution in [1.29, 1.82) is 0 Å². The first-order valence-electron chi connectivity index (χ1n) is 8.55. The van der Waals surface area contributed by atoms with Crippen molar-refractivity contribution in [2.75, 3.05) is 19.0 Å². The predicted octanol–water partition coefficient (Wildman–Crippen LogP) is 2.96. The second kappa shape index (κ2) is 8.35. The lowest BCUT2D eigenvalue weighted by molar-refractivity contribution is -0.384. The Bertz CT molecular complexity index is 1160. The number of rotatable bonds is 6. The van der Waals surface area contributed by atoms with E-state index >= 15 is 0 Å². The molecule has 0 saturated carbocycles. The Morgan fingerprint density at radius 3 is 2.47 bits per heavy atom. The van der Waals surface area contributed by atoms with Crippen LogP contribution in [-0.4, -0.2) is 40.7 Å². The Hall–Kier alpha value is -4.34. The van der Waals surface area contributed by atoms with Crippen molar-refractivity contribution in [2.45, 2.75) is 0 Å². The number of esters is 1. The molecule has 0 aliphatic heterocycles. The molecule has 0 bridgehead atoms. The Balaban J connectivity index is 1.73. The number of hydrogen-bond donors (Lipinski definition) is 3. The molecule has 0 radical (unpaired) electrons. The number of fused-ring (bicyclic) bond motifs is 1. The third-order valence-corrected chi connectivity index (χ3v) is 4.22. The summed E-state index contributed by atoms with van der Waals surface area (Å²) >= 11 is 0. The molecule has 0 aliphatic rings. The molecule has 0 aromatic heterocycles. The number of phenols is 2. The predicted molar refractivity (Wildman–Crippen MR) is 106 cm³/mol. The van der Waals surface area contributed by atoms with E-state index in [1.165, 1.54) is 25.3 Å². The molecular weight excluding hydrogens is 396 g/mol. The number of hydrogen-bond acceptors (Lipinski definition) is 8. The minimum Gasteiger partial charge on any atom is -0.507 e. The zero-order valence-electron chi connectivity index (χ0n) is 15.6. The van der Waals surface area contributed by atoms with E-state index in [9.17, 15) is 29.9 Å². The summed E-state index contributed by atoms with van der Waals surface area (Å²) in [5.41, 5.74) is -0.550. The summed E-state index contributed by atoms with van der Waals surface area (Å²) in [7, 11) is 1.33. The van der Waals surface area contributed by atoms with Gasteiger partial charge in [0.15, 0.2) is 6.61 Å². The summed E-state index contributed by atoms with van der Waals surface area (Å²) in [5.74, 6) is -2.27.